The van der Waals surface area contributed by atoms with Crippen molar-refractivity contribution in [2.75, 3.05) is 45.8 Å². The smallest absolute Gasteiger partial charge is 0.281 e. The first-order valence-electron chi connectivity index (χ1n) is 9.34. The second-order valence-electron chi connectivity index (χ2n) is 7.60. The largest absolute Gasteiger partial charge is 0.304 e. The van der Waals surface area contributed by atoms with E-state index in [0.29, 0.717) is 43.9 Å². The zero-order valence-electron chi connectivity index (χ0n) is 15.4. The van der Waals surface area contributed by atoms with Crippen molar-refractivity contribution >= 4 is 10.2 Å². The molecule has 2 atom stereocenters. The predicted molar refractivity (Wildman–Crippen MR) is 95.5 cm³/mol. The van der Waals surface area contributed by atoms with Gasteiger partial charge in [-0.2, -0.15) is 17.0 Å². The summed E-state index contributed by atoms with van der Waals surface area (Å²) < 4.78 is 29.3. The van der Waals surface area contributed by atoms with Crippen molar-refractivity contribution in [3.05, 3.63) is 0 Å². The van der Waals surface area contributed by atoms with E-state index < -0.39 is 10.2 Å². The highest BCUT2D eigenvalue weighted by atomic mass is 32.2. The van der Waals surface area contributed by atoms with Crippen molar-refractivity contribution < 1.29 is 8.42 Å². The molecule has 2 fully saturated rings. The number of piperidine rings is 2. The summed E-state index contributed by atoms with van der Waals surface area (Å²) in [4.78, 5) is 2.45. The Bertz CT molecular complexity index is 446. The van der Waals surface area contributed by atoms with Gasteiger partial charge in [0.2, 0.25) is 0 Å². The zero-order chi connectivity index (χ0) is 17.0. The molecule has 0 aromatic rings. The normalized spacial score (nSPS) is 29.3. The standard InChI is InChI=1S/C17H35N3O2S/c1-5-18(6-2)14-17-7-9-19(10-8-17)23(21,22)20-12-15(3)11-16(4)13-20/h15-17H,5-14H2,1-4H3. The monoisotopic (exact) mass is 345 g/mol. The fourth-order valence-electron chi connectivity index (χ4n) is 4.13. The molecule has 0 spiro atoms. The second-order valence-corrected chi connectivity index (χ2v) is 9.53. The molecule has 0 N–H and O–H groups in total. The van der Waals surface area contributed by atoms with Gasteiger partial charge in [0.25, 0.3) is 10.2 Å². The summed E-state index contributed by atoms with van der Waals surface area (Å²) in [5.74, 6) is 1.57. The lowest BCUT2D eigenvalue weighted by Crippen LogP contribution is -2.52. The van der Waals surface area contributed by atoms with Gasteiger partial charge in [0.1, 0.15) is 0 Å². The van der Waals surface area contributed by atoms with Gasteiger partial charge in [-0.25, -0.2) is 0 Å². The lowest BCUT2D eigenvalue weighted by molar-refractivity contribution is 0.175. The molecule has 136 valence electrons. The minimum absolute atomic E-state index is 0.466. The third kappa shape index (κ3) is 4.91. The molecule has 2 rings (SSSR count). The van der Waals surface area contributed by atoms with Crippen LogP contribution in [0.2, 0.25) is 0 Å². The molecule has 23 heavy (non-hydrogen) atoms. The Balaban J connectivity index is 1.90. The number of hydrogen-bond acceptors (Lipinski definition) is 3. The highest BCUT2D eigenvalue weighted by Crippen LogP contribution is 2.27. The molecule has 5 nitrogen and oxygen atoms in total. The quantitative estimate of drug-likeness (QED) is 0.742. The van der Waals surface area contributed by atoms with Gasteiger partial charge in [0.05, 0.1) is 0 Å². The van der Waals surface area contributed by atoms with Crippen molar-refractivity contribution in [1.29, 1.82) is 0 Å². The third-order valence-corrected chi connectivity index (χ3v) is 7.44. The van der Waals surface area contributed by atoms with E-state index in [9.17, 15) is 8.42 Å². The highest BCUT2D eigenvalue weighted by molar-refractivity contribution is 7.86. The Morgan fingerprint density at radius 3 is 1.96 bits per heavy atom. The molecule has 0 bridgehead atoms. The summed E-state index contributed by atoms with van der Waals surface area (Å²) in [6, 6.07) is 0. The maximum absolute atomic E-state index is 12.9. The fraction of sp³-hybridized carbons (Fsp3) is 1.00. The molecular weight excluding hydrogens is 310 g/mol. The minimum Gasteiger partial charge on any atom is -0.304 e. The molecule has 6 heteroatoms. The van der Waals surface area contributed by atoms with Crippen molar-refractivity contribution in [3.8, 4) is 0 Å². The van der Waals surface area contributed by atoms with Crippen LogP contribution in [0.3, 0.4) is 0 Å². The van der Waals surface area contributed by atoms with E-state index in [0.717, 1.165) is 38.9 Å². The molecule has 2 aliphatic rings. The van der Waals surface area contributed by atoms with Crippen molar-refractivity contribution in [3.63, 3.8) is 0 Å². The lowest BCUT2D eigenvalue weighted by atomic mass is 9.94. The van der Waals surface area contributed by atoms with E-state index in [1.165, 1.54) is 0 Å². The zero-order valence-corrected chi connectivity index (χ0v) is 16.2. The maximum atomic E-state index is 12.9. The Morgan fingerprint density at radius 2 is 1.48 bits per heavy atom. The van der Waals surface area contributed by atoms with Crippen LogP contribution in [0, 0.1) is 17.8 Å². The third-order valence-electron chi connectivity index (χ3n) is 5.47. The van der Waals surface area contributed by atoms with Crippen molar-refractivity contribution in [2.45, 2.75) is 47.0 Å². The van der Waals surface area contributed by atoms with Crippen LogP contribution in [0.4, 0.5) is 0 Å². The SMILES string of the molecule is CCN(CC)CC1CCN(S(=O)(=O)N2CC(C)CC(C)C2)CC1. The lowest BCUT2D eigenvalue weighted by Gasteiger charge is -2.40. The van der Waals surface area contributed by atoms with Gasteiger partial charge in [-0.3, -0.25) is 0 Å². The molecule has 0 amide bonds. The summed E-state index contributed by atoms with van der Waals surface area (Å²) in [5, 5.41) is 0. The van der Waals surface area contributed by atoms with Crippen LogP contribution >= 0.6 is 0 Å². The number of nitrogens with zero attached hydrogens (tertiary/aromatic N) is 3. The summed E-state index contributed by atoms with van der Waals surface area (Å²) in [5.41, 5.74) is 0. The Morgan fingerprint density at radius 1 is 0.957 bits per heavy atom. The van der Waals surface area contributed by atoms with Crippen molar-refractivity contribution in [2.24, 2.45) is 17.8 Å². The molecule has 2 saturated heterocycles. The molecule has 2 aliphatic heterocycles. The Kier molecular flexibility index (Phi) is 6.89. The Labute approximate surface area is 143 Å². The average molecular weight is 346 g/mol. The van der Waals surface area contributed by atoms with E-state index in [4.69, 9.17) is 0 Å². The van der Waals surface area contributed by atoms with Crippen LogP contribution in [0.25, 0.3) is 0 Å². The molecule has 2 heterocycles. The summed E-state index contributed by atoms with van der Waals surface area (Å²) in [6.07, 6.45) is 3.13. The van der Waals surface area contributed by atoms with E-state index in [1.807, 2.05) is 0 Å². The first-order chi connectivity index (χ1) is 10.9. The first-order valence-corrected chi connectivity index (χ1v) is 10.7. The van der Waals surface area contributed by atoms with Crippen LogP contribution in [-0.4, -0.2) is 67.7 Å². The van der Waals surface area contributed by atoms with Crippen LogP contribution in [-0.2, 0) is 10.2 Å². The minimum atomic E-state index is -3.26. The maximum Gasteiger partial charge on any atom is 0.281 e. The molecular formula is C17H35N3O2S. The van der Waals surface area contributed by atoms with E-state index >= 15 is 0 Å². The summed E-state index contributed by atoms with van der Waals surface area (Å²) >= 11 is 0. The van der Waals surface area contributed by atoms with Gasteiger partial charge < -0.3 is 4.90 Å². The van der Waals surface area contributed by atoms with Gasteiger partial charge in [0, 0.05) is 32.7 Å². The van der Waals surface area contributed by atoms with Gasteiger partial charge in [-0.15, -0.1) is 0 Å². The van der Waals surface area contributed by atoms with Gasteiger partial charge >= 0.3 is 0 Å². The van der Waals surface area contributed by atoms with Gasteiger partial charge in [-0.05, 0) is 50.1 Å². The molecule has 0 aliphatic carbocycles. The predicted octanol–water partition coefficient (Wildman–Crippen LogP) is 2.26. The number of hydrogen-bond donors (Lipinski definition) is 0. The molecule has 0 radical (unpaired) electrons. The summed E-state index contributed by atoms with van der Waals surface area (Å²) in [6.45, 7) is 14.7. The molecule has 2 unspecified atom stereocenters. The van der Waals surface area contributed by atoms with Crippen LogP contribution < -0.4 is 0 Å². The van der Waals surface area contributed by atoms with Gasteiger partial charge in [0.15, 0.2) is 0 Å². The van der Waals surface area contributed by atoms with E-state index in [1.54, 1.807) is 8.61 Å². The van der Waals surface area contributed by atoms with Crippen LogP contribution in [0.1, 0.15) is 47.0 Å². The molecule has 0 aromatic carbocycles. The average Bonchev–Trinajstić information content (AvgIpc) is 2.52. The van der Waals surface area contributed by atoms with Crippen LogP contribution in [0.5, 0.6) is 0 Å². The molecule has 0 aromatic heterocycles. The summed E-state index contributed by atoms with van der Waals surface area (Å²) in [7, 11) is -3.26. The Hall–Kier alpha value is -0.170. The fourth-order valence-corrected chi connectivity index (χ4v) is 6.01. The van der Waals surface area contributed by atoms with E-state index in [-0.39, 0.29) is 0 Å². The van der Waals surface area contributed by atoms with E-state index in [2.05, 4.69) is 32.6 Å². The highest BCUT2D eigenvalue weighted by Gasteiger charge is 2.36. The van der Waals surface area contributed by atoms with Gasteiger partial charge in [-0.1, -0.05) is 27.7 Å². The molecule has 0 saturated carbocycles. The number of rotatable bonds is 6. The van der Waals surface area contributed by atoms with Crippen molar-refractivity contribution in [1.82, 2.24) is 13.5 Å². The second kappa shape index (κ2) is 8.28. The van der Waals surface area contributed by atoms with Crippen LogP contribution in [0.15, 0.2) is 0 Å². The first kappa shape index (κ1) is 19.2. The topological polar surface area (TPSA) is 43.9 Å².